The summed E-state index contributed by atoms with van der Waals surface area (Å²) in [6.45, 7) is 1.67. The summed E-state index contributed by atoms with van der Waals surface area (Å²) >= 11 is 0. The number of hydrogen-bond donors (Lipinski definition) is 2. The lowest BCUT2D eigenvalue weighted by atomic mass is 10.0. The molecule has 9 heteroatoms. The standard InChI is InChI=1S/C17H24FNO7/c1-4-5-6-19-14(16(22)24-2)12(13(18)15(19)17(23)25-3)10-7-9(21)11(8-20)26-10/h9-11,20-21H,4-8H2,1-3H3. The van der Waals surface area contributed by atoms with Crippen molar-refractivity contribution in [1.82, 2.24) is 4.57 Å². The Morgan fingerprint density at radius 1 is 1.27 bits per heavy atom. The van der Waals surface area contributed by atoms with Crippen LogP contribution in [0.15, 0.2) is 0 Å². The SMILES string of the molecule is CCCCn1c(C(=O)OC)c(F)c(C2CC(O)C(CO)O2)c1C(=O)OC. The molecular formula is C17H24FNO7. The van der Waals surface area contributed by atoms with Crippen LogP contribution < -0.4 is 0 Å². The first-order chi connectivity index (χ1) is 12.4. The monoisotopic (exact) mass is 373 g/mol. The van der Waals surface area contributed by atoms with Crippen molar-refractivity contribution >= 4 is 11.9 Å². The van der Waals surface area contributed by atoms with Crippen molar-refractivity contribution in [3.63, 3.8) is 0 Å². The number of halogens is 1. The molecule has 3 unspecified atom stereocenters. The highest BCUT2D eigenvalue weighted by Gasteiger charge is 2.42. The number of rotatable bonds is 7. The van der Waals surface area contributed by atoms with Crippen LogP contribution in [-0.4, -0.2) is 59.8 Å². The molecule has 146 valence electrons. The van der Waals surface area contributed by atoms with E-state index in [1.807, 2.05) is 6.92 Å². The first-order valence-electron chi connectivity index (χ1n) is 8.44. The summed E-state index contributed by atoms with van der Waals surface area (Å²) < 4.78 is 31.3. The molecule has 2 N–H and O–H groups in total. The van der Waals surface area contributed by atoms with Gasteiger partial charge in [0.2, 0.25) is 0 Å². The summed E-state index contributed by atoms with van der Waals surface area (Å²) in [6, 6.07) is 0. The number of ether oxygens (including phenoxy) is 3. The van der Waals surface area contributed by atoms with Crippen LogP contribution in [0.4, 0.5) is 4.39 Å². The van der Waals surface area contributed by atoms with E-state index in [-0.39, 0.29) is 29.9 Å². The first kappa shape index (κ1) is 20.3. The maximum Gasteiger partial charge on any atom is 0.357 e. The molecule has 1 aromatic heterocycles. The van der Waals surface area contributed by atoms with Gasteiger partial charge < -0.3 is 29.0 Å². The first-order valence-corrected chi connectivity index (χ1v) is 8.44. The molecule has 26 heavy (non-hydrogen) atoms. The predicted octanol–water partition coefficient (Wildman–Crippen LogP) is 1.18. The molecule has 0 aliphatic carbocycles. The molecule has 0 bridgehead atoms. The lowest BCUT2D eigenvalue weighted by Crippen LogP contribution is -2.24. The summed E-state index contributed by atoms with van der Waals surface area (Å²) in [4.78, 5) is 24.5. The van der Waals surface area contributed by atoms with E-state index in [0.29, 0.717) is 6.42 Å². The molecule has 1 aliphatic heterocycles. The molecule has 2 heterocycles. The average molecular weight is 373 g/mol. The Bertz CT molecular complexity index is 673. The van der Waals surface area contributed by atoms with E-state index in [9.17, 15) is 19.8 Å². The van der Waals surface area contributed by atoms with Crippen LogP contribution in [0.5, 0.6) is 0 Å². The van der Waals surface area contributed by atoms with Crippen LogP contribution in [0.1, 0.15) is 58.8 Å². The van der Waals surface area contributed by atoms with Gasteiger partial charge in [0, 0.05) is 13.0 Å². The Kier molecular flexibility index (Phi) is 6.74. The Hall–Kier alpha value is -1.97. The van der Waals surface area contributed by atoms with E-state index in [4.69, 9.17) is 9.47 Å². The molecule has 3 atom stereocenters. The molecule has 0 radical (unpaired) electrons. The molecule has 8 nitrogen and oxygen atoms in total. The highest BCUT2D eigenvalue weighted by molar-refractivity contribution is 5.95. The fraction of sp³-hybridized carbons (Fsp3) is 0.647. The van der Waals surface area contributed by atoms with Gasteiger partial charge in [0.1, 0.15) is 11.8 Å². The van der Waals surface area contributed by atoms with Gasteiger partial charge in [-0.1, -0.05) is 13.3 Å². The van der Waals surface area contributed by atoms with E-state index >= 15 is 4.39 Å². The molecule has 0 saturated carbocycles. The van der Waals surface area contributed by atoms with Crippen LogP contribution >= 0.6 is 0 Å². The van der Waals surface area contributed by atoms with Crippen molar-refractivity contribution in [2.45, 2.75) is 51.0 Å². The van der Waals surface area contributed by atoms with Crippen LogP contribution in [0.3, 0.4) is 0 Å². The zero-order valence-corrected chi connectivity index (χ0v) is 15.0. The summed E-state index contributed by atoms with van der Waals surface area (Å²) in [7, 11) is 2.27. The number of nitrogens with zero attached hydrogens (tertiary/aromatic N) is 1. The van der Waals surface area contributed by atoms with Gasteiger partial charge in [-0.25, -0.2) is 14.0 Å². The minimum absolute atomic E-state index is 0.0233. The summed E-state index contributed by atoms with van der Waals surface area (Å²) in [5.41, 5.74) is -0.695. The zero-order chi connectivity index (χ0) is 19.4. The minimum atomic E-state index is -1.02. The van der Waals surface area contributed by atoms with Crippen LogP contribution in [0, 0.1) is 5.82 Å². The number of hydrogen-bond acceptors (Lipinski definition) is 7. The van der Waals surface area contributed by atoms with E-state index in [0.717, 1.165) is 20.6 Å². The third-order valence-corrected chi connectivity index (χ3v) is 4.46. The molecule has 0 spiro atoms. The lowest BCUT2D eigenvalue weighted by Gasteiger charge is -2.14. The second kappa shape index (κ2) is 8.61. The molecular weight excluding hydrogens is 349 g/mol. The Morgan fingerprint density at radius 2 is 1.88 bits per heavy atom. The highest BCUT2D eigenvalue weighted by Crippen LogP contribution is 2.39. The van der Waals surface area contributed by atoms with Crippen molar-refractivity contribution in [3.8, 4) is 0 Å². The summed E-state index contributed by atoms with van der Waals surface area (Å²) in [6.07, 6.45) is -1.59. The summed E-state index contributed by atoms with van der Waals surface area (Å²) in [5.74, 6) is -2.69. The smallest absolute Gasteiger partial charge is 0.357 e. The van der Waals surface area contributed by atoms with Gasteiger partial charge in [0.05, 0.1) is 38.6 Å². The van der Waals surface area contributed by atoms with Crippen LogP contribution in [0.2, 0.25) is 0 Å². The van der Waals surface area contributed by atoms with E-state index in [1.54, 1.807) is 0 Å². The lowest BCUT2D eigenvalue weighted by molar-refractivity contribution is -0.0236. The van der Waals surface area contributed by atoms with Gasteiger partial charge in [0.15, 0.2) is 11.5 Å². The van der Waals surface area contributed by atoms with Gasteiger partial charge in [-0.3, -0.25) is 0 Å². The molecule has 1 saturated heterocycles. The van der Waals surface area contributed by atoms with E-state index in [1.165, 1.54) is 4.57 Å². The number of esters is 2. The third-order valence-electron chi connectivity index (χ3n) is 4.46. The van der Waals surface area contributed by atoms with Gasteiger partial charge >= 0.3 is 11.9 Å². The third kappa shape index (κ3) is 3.60. The Balaban J connectivity index is 2.64. The number of carbonyl (C=O) groups is 2. The predicted molar refractivity (Wildman–Crippen MR) is 87.3 cm³/mol. The van der Waals surface area contributed by atoms with Crippen molar-refractivity contribution in [1.29, 1.82) is 0 Å². The van der Waals surface area contributed by atoms with Crippen molar-refractivity contribution in [2.75, 3.05) is 20.8 Å². The van der Waals surface area contributed by atoms with Gasteiger partial charge in [-0.05, 0) is 6.42 Å². The molecule has 0 amide bonds. The number of carbonyl (C=O) groups excluding carboxylic acids is 2. The largest absolute Gasteiger partial charge is 0.464 e. The molecule has 1 fully saturated rings. The van der Waals surface area contributed by atoms with Crippen molar-refractivity contribution < 1.29 is 38.4 Å². The fourth-order valence-electron chi connectivity index (χ4n) is 3.13. The normalized spacial score (nSPS) is 22.5. The van der Waals surface area contributed by atoms with Gasteiger partial charge in [0.25, 0.3) is 0 Å². The number of methoxy groups -OCH3 is 2. The Morgan fingerprint density at radius 3 is 2.38 bits per heavy atom. The van der Waals surface area contributed by atoms with Crippen molar-refractivity contribution in [3.05, 3.63) is 22.8 Å². The second-order valence-corrected chi connectivity index (χ2v) is 6.06. The topological polar surface area (TPSA) is 107 Å². The molecule has 1 aromatic rings. The quantitative estimate of drug-likeness (QED) is 0.691. The Labute approximate surface area is 150 Å². The van der Waals surface area contributed by atoms with E-state index in [2.05, 4.69) is 4.74 Å². The maximum absolute atomic E-state index is 15.2. The maximum atomic E-state index is 15.2. The number of aromatic nitrogens is 1. The number of unbranched alkanes of at least 4 members (excludes halogenated alkanes) is 1. The van der Waals surface area contributed by atoms with Crippen molar-refractivity contribution in [2.24, 2.45) is 0 Å². The molecule has 1 aliphatic rings. The second-order valence-electron chi connectivity index (χ2n) is 6.06. The number of aliphatic hydroxyl groups excluding tert-OH is 2. The highest BCUT2D eigenvalue weighted by atomic mass is 19.1. The van der Waals surface area contributed by atoms with Gasteiger partial charge in [-0.2, -0.15) is 0 Å². The molecule has 2 rings (SSSR count). The zero-order valence-electron chi connectivity index (χ0n) is 15.0. The fourth-order valence-corrected chi connectivity index (χ4v) is 3.13. The number of aliphatic hydroxyl groups is 2. The van der Waals surface area contributed by atoms with Crippen LogP contribution in [0.25, 0.3) is 0 Å². The van der Waals surface area contributed by atoms with E-state index < -0.39 is 42.7 Å². The average Bonchev–Trinajstić information content (AvgIpc) is 3.15. The minimum Gasteiger partial charge on any atom is -0.464 e. The molecule has 0 aromatic carbocycles. The summed E-state index contributed by atoms with van der Waals surface area (Å²) in [5, 5.41) is 19.2. The van der Waals surface area contributed by atoms with Gasteiger partial charge in [-0.15, -0.1) is 0 Å². The van der Waals surface area contributed by atoms with Crippen LogP contribution in [-0.2, 0) is 20.8 Å².